The number of rotatable bonds is 11. The summed E-state index contributed by atoms with van der Waals surface area (Å²) in [5.74, 6) is 1.26. The Kier molecular flexibility index (Phi) is 14.3. The van der Waals surface area contributed by atoms with E-state index in [0.717, 1.165) is 64.7 Å². The smallest absolute Gasteiger partial charge is 0.222 e. The molecule has 0 saturated carbocycles. The molecule has 0 aromatic heterocycles. The Morgan fingerprint density at radius 1 is 0.800 bits per heavy atom. The van der Waals surface area contributed by atoms with Crippen LogP contribution in [0.4, 0.5) is 0 Å². The van der Waals surface area contributed by atoms with E-state index in [1.165, 1.54) is 38.5 Å². The van der Waals surface area contributed by atoms with Crippen molar-refractivity contribution in [3.63, 3.8) is 0 Å². The number of carbonyl (C=O) groups excluding carboxylic acids is 2. The van der Waals surface area contributed by atoms with Crippen molar-refractivity contribution in [2.45, 2.75) is 118 Å². The van der Waals surface area contributed by atoms with Gasteiger partial charge in [0.1, 0.15) is 5.78 Å². The molecule has 0 aromatic carbocycles. The van der Waals surface area contributed by atoms with Gasteiger partial charge in [0.2, 0.25) is 5.91 Å². The van der Waals surface area contributed by atoms with Gasteiger partial charge in [-0.1, -0.05) is 73.1 Å². The Balaban J connectivity index is 0.00000218. The molecule has 2 heterocycles. The molecule has 176 valence electrons. The van der Waals surface area contributed by atoms with Crippen molar-refractivity contribution in [2.75, 3.05) is 26.2 Å². The van der Waals surface area contributed by atoms with Crippen molar-refractivity contribution in [3.8, 4) is 0 Å². The highest BCUT2D eigenvalue weighted by atomic mass is 16.2. The molecule has 0 spiro atoms. The van der Waals surface area contributed by atoms with Gasteiger partial charge in [-0.3, -0.25) is 9.59 Å². The Bertz CT molecular complexity index is 462. The summed E-state index contributed by atoms with van der Waals surface area (Å²) in [6.45, 7) is 14.2. The summed E-state index contributed by atoms with van der Waals surface area (Å²) in [4.78, 5) is 29.4. The van der Waals surface area contributed by atoms with Crippen LogP contribution in [-0.2, 0) is 9.59 Å². The number of nitrogens with zero attached hydrogens (tertiary/aromatic N) is 2. The van der Waals surface area contributed by atoms with Crippen molar-refractivity contribution >= 4 is 11.7 Å². The number of Topliss-reactive ketones (excluding diaryl/α,β-unsaturated/α-hetero) is 1. The van der Waals surface area contributed by atoms with E-state index >= 15 is 0 Å². The van der Waals surface area contributed by atoms with Crippen molar-refractivity contribution in [3.05, 3.63) is 0 Å². The van der Waals surface area contributed by atoms with Gasteiger partial charge in [-0.15, -0.1) is 0 Å². The van der Waals surface area contributed by atoms with Crippen LogP contribution in [0.2, 0.25) is 0 Å². The van der Waals surface area contributed by atoms with Crippen LogP contribution in [0.25, 0.3) is 0 Å². The number of amides is 1. The first kappa shape index (κ1) is 27.1. The van der Waals surface area contributed by atoms with Crippen molar-refractivity contribution in [1.29, 1.82) is 0 Å². The van der Waals surface area contributed by atoms with Crippen LogP contribution in [0.5, 0.6) is 0 Å². The predicted molar refractivity (Wildman–Crippen MR) is 128 cm³/mol. The van der Waals surface area contributed by atoms with Gasteiger partial charge >= 0.3 is 0 Å². The van der Waals surface area contributed by atoms with Gasteiger partial charge in [0, 0.05) is 37.4 Å². The Morgan fingerprint density at radius 3 is 1.87 bits per heavy atom. The lowest BCUT2D eigenvalue weighted by Gasteiger charge is -2.41. The highest BCUT2D eigenvalue weighted by molar-refractivity contribution is 5.82. The molecule has 0 radical (unpaired) electrons. The standard InChI is InChI=1S/C24H44N2O2.C2H6/c1-4-5-6-7-8-9-10-11-23(27)26-18-14-22(15-19-26)25-16-12-21(13-17-25)24(28)20(2)3;1-2/h20-22H,4-19H2,1-3H3;1-2H3. The Labute approximate surface area is 187 Å². The molecule has 4 heteroatoms. The third-order valence-corrected chi connectivity index (χ3v) is 6.83. The quantitative estimate of drug-likeness (QED) is 0.379. The Hall–Kier alpha value is -0.900. The molecular weight excluding hydrogens is 372 g/mol. The van der Waals surface area contributed by atoms with Crippen LogP contribution >= 0.6 is 0 Å². The summed E-state index contributed by atoms with van der Waals surface area (Å²) in [5, 5.41) is 0. The summed E-state index contributed by atoms with van der Waals surface area (Å²) >= 11 is 0. The number of hydrogen-bond acceptors (Lipinski definition) is 3. The molecule has 2 fully saturated rings. The normalized spacial score (nSPS) is 18.9. The summed E-state index contributed by atoms with van der Waals surface area (Å²) < 4.78 is 0. The maximum absolute atomic E-state index is 12.5. The van der Waals surface area contributed by atoms with E-state index in [1.807, 2.05) is 27.7 Å². The molecule has 0 N–H and O–H groups in total. The minimum atomic E-state index is 0.169. The maximum Gasteiger partial charge on any atom is 0.222 e. The van der Waals surface area contributed by atoms with Crippen LogP contribution in [0.15, 0.2) is 0 Å². The van der Waals surface area contributed by atoms with E-state index in [-0.39, 0.29) is 11.8 Å². The minimum absolute atomic E-state index is 0.169. The second-order valence-electron chi connectivity index (χ2n) is 9.35. The largest absolute Gasteiger partial charge is 0.343 e. The molecule has 2 saturated heterocycles. The molecule has 0 unspecified atom stereocenters. The number of carbonyl (C=O) groups is 2. The van der Waals surface area contributed by atoms with Crippen molar-refractivity contribution in [1.82, 2.24) is 9.80 Å². The lowest BCUT2D eigenvalue weighted by atomic mass is 9.86. The van der Waals surface area contributed by atoms with E-state index < -0.39 is 0 Å². The van der Waals surface area contributed by atoms with E-state index in [0.29, 0.717) is 17.7 Å². The lowest BCUT2D eigenvalue weighted by molar-refractivity contribution is -0.133. The fourth-order valence-electron chi connectivity index (χ4n) is 4.89. The Morgan fingerprint density at radius 2 is 1.33 bits per heavy atom. The van der Waals surface area contributed by atoms with Crippen molar-refractivity contribution in [2.24, 2.45) is 11.8 Å². The van der Waals surface area contributed by atoms with Gasteiger partial charge in [0.15, 0.2) is 0 Å². The van der Waals surface area contributed by atoms with Crippen LogP contribution < -0.4 is 0 Å². The van der Waals surface area contributed by atoms with Crippen LogP contribution in [0.1, 0.15) is 112 Å². The molecule has 2 aliphatic rings. The van der Waals surface area contributed by atoms with Gasteiger partial charge in [0.05, 0.1) is 0 Å². The third-order valence-electron chi connectivity index (χ3n) is 6.83. The van der Waals surface area contributed by atoms with E-state index in [2.05, 4.69) is 16.7 Å². The topological polar surface area (TPSA) is 40.6 Å². The third kappa shape index (κ3) is 9.49. The minimum Gasteiger partial charge on any atom is -0.343 e. The first-order valence-corrected chi connectivity index (χ1v) is 13.1. The number of hydrogen-bond donors (Lipinski definition) is 0. The average Bonchev–Trinajstić information content (AvgIpc) is 2.79. The molecule has 30 heavy (non-hydrogen) atoms. The number of ketones is 1. The molecule has 2 aliphatic heterocycles. The van der Waals surface area contributed by atoms with E-state index in [4.69, 9.17) is 0 Å². The number of unbranched alkanes of at least 4 members (excludes halogenated alkanes) is 6. The summed E-state index contributed by atoms with van der Waals surface area (Å²) in [6, 6.07) is 0.609. The fourth-order valence-corrected chi connectivity index (χ4v) is 4.89. The van der Waals surface area contributed by atoms with E-state index in [9.17, 15) is 9.59 Å². The highest BCUT2D eigenvalue weighted by Gasteiger charge is 2.31. The van der Waals surface area contributed by atoms with Crippen molar-refractivity contribution < 1.29 is 9.59 Å². The predicted octanol–water partition coefficient (Wildman–Crippen LogP) is 6.08. The summed E-state index contributed by atoms with van der Waals surface area (Å²) in [7, 11) is 0. The molecule has 0 aromatic rings. The molecule has 2 rings (SSSR count). The zero-order valence-corrected chi connectivity index (χ0v) is 20.8. The van der Waals surface area contributed by atoms with E-state index in [1.54, 1.807) is 0 Å². The van der Waals surface area contributed by atoms with Gasteiger partial charge in [0.25, 0.3) is 0 Å². The second-order valence-corrected chi connectivity index (χ2v) is 9.35. The van der Waals surface area contributed by atoms with Gasteiger partial charge < -0.3 is 9.80 Å². The van der Waals surface area contributed by atoms with Gasteiger partial charge in [-0.25, -0.2) is 0 Å². The first-order valence-electron chi connectivity index (χ1n) is 13.1. The maximum atomic E-state index is 12.5. The molecular formula is C26H50N2O2. The van der Waals surface area contributed by atoms with Gasteiger partial charge in [-0.2, -0.15) is 0 Å². The average molecular weight is 423 g/mol. The van der Waals surface area contributed by atoms with Crippen LogP contribution in [0, 0.1) is 11.8 Å². The molecule has 0 bridgehead atoms. The SMILES string of the molecule is CC.CCCCCCCCCC(=O)N1CCC(N2CCC(C(=O)C(C)C)CC2)CC1. The number of likely N-dealkylation sites (tertiary alicyclic amines) is 2. The lowest BCUT2D eigenvalue weighted by Crippen LogP contribution is -2.49. The fraction of sp³-hybridized carbons (Fsp3) is 0.923. The van der Waals surface area contributed by atoms with Gasteiger partial charge in [-0.05, 0) is 45.2 Å². The zero-order valence-electron chi connectivity index (χ0n) is 20.8. The molecule has 0 aliphatic carbocycles. The zero-order chi connectivity index (χ0) is 22.4. The van der Waals surface area contributed by atoms with Crippen LogP contribution in [-0.4, -0.2) is 53.7 Å². The summed E-state index contributed by atoms with van der Waals surface area (Å²) in [6.07, 6.45) is 13.8. The van der Waals surface area contributed by atoms with Crippen LogP contribution in [0.3, 0.4) is 0 Å². The highest BCUT2D eigenvalue weighted by Crippen LogP contribution is 2.26. The molecule has 1 amide bonds. The first-order chi connectivity index (χ1) is 14.5. The summed E-state index contributed by atoms with van der Waals surface area (Å²) in [5.41, 5.74) is 0. The molecule has 0 atom stereocenters. The number of piperidine rings is 2. The molecule has 4 nitrogen and oxygen atoms in total. The second kappa shape index (κ2) is 15.8. The monoisotopic (exact) mass is 422 g/mol.